The number of hydrogen-bond acceptors (Lipinski definition) is 4. The van der Waals surface area contributed by atoms with Crippen LogP contribution in [0.15, 0.2) is 39.7 Å². The Morgan fingerprint density at radius 3 is 2.57 bits per heavy atom. The standard InChI is InChI=1S/C13H12BrFN2O3S/c1-7-4-9(14)10(15)6-12(7)17-21(19,20)8-2-3-13(18)11(16)5-8/h2-6,17-18H,16H2,1H3. The van der Waals surface area contributed by atoms with Crippen molar-refractivity contribution in [2.75, 3.05) is 10.5 Å². The normalized spacial score (nSPS) is 11.4. The van der Waals surface area contributed by atoms with Gasteiger partial charge in [0, 0.05) is 0 Å². The molecule has 0 fully saturated rings. The molecule has 2 aromatic carbocycles. The fraction of sp³-hybridized carbons (Fsp3) is 0.0769. The minimum absolute atomic E-state index is 0.0587. The summed E-state index contributed by atoms with van der Waals surface area (Å²) in [4.78, 5) is -0.125. The summed E-state index contributed by atoms with van der Waals surface area (Å²) in [6.07, 6.45) is 0. The molecule has 0 radical (unpaired) electrons. The molecule has 0 unspecified atom stereocenters. The molecular formula is C13H12BrFN2O3S. The van der Waals surface area contributed by atoms with Crippen LogP contribution in [0.5, 0.6) is 5.75 Å². The maximum atomic E-state index is 13.5. The van der Waals surface area contributed by atoms with Crippen LogP contribution in [0.25, 0.3) is 0 Å². The minimum Gasteiger partial charge on any atom is -0.506 e. The summed E-state index contributed by atoms with van der Waals surface area (Å²) < 4.78 is 40.5. The quantitative estimate of drug-likeness (QED) is 0.568. The summed E-state index contributed by atoms with van der Waals surface area (Å²) in [5, 5.41) is 9.32. The molecule has 0 bridgehead atoms. The van der Waals surface area contributed by atoms with E-state index in [0.717, 1.165) is 12.1 Å². The highest BCUT2D eigenvalue weighted by Crippen LogP contribution is 2.28. The Hall–Kier alpha value is -1.80. The Balaban J connectivity index is 2.42. The van der Waals surface area contributed by atoms with E-state index in [9.17, 15) is 17.9 Å². The van der Waals surface area contributed by atoms with E-state index in [2.05, 4.69) is 20.7 Å². The molecule has 5 nitrogen and oxygen atoms in total. The van der Waals surface area contributed by atoms with Gasteiger partial charge in [0.25, 0.3) is 10.0 Å². The molecule has 0 heterocycles. The zero-order valence-electron chi connectivity index (χ0n) is 10.9. The number of aromatic hydroxyl groups is 1. The van der Waals surface area contributed by atoms with E-state index in [-0.39, 0.29) is 26.5 Å². The molecule has 2 rings (SSSR count). The topological polar surface area (TPSA) is 92.4 Å². The molecule has 21 heavy (non-hydrogen) atoms. The lowest BCUT2D eigenvalue weighted by atomic mass is 10.2. The zero-order valence-corrected chi connectivity index (χ0v) is 13.3. The SMILES string of the molecule is Cc1cc(Br)c(F)cc1NS(=O)(=O)c1ccc(O)c(N)c1. The van der Waals surface area contributed by atoms with E-state index < -0.39 is 15.8 Å². The van der Waals surface area contributed by atoms with Crippen LogP contribution in [0, 0.1) is 12.7 Å². The third-order valence-electron chi connectivity index (χ3n) is 2.82. The number of anilines is 2. The molecule has 0 aromatic heterocycles. The molecule has 112 valence electrons. The number of benzene rings is 2. The van der Waals surface area contributed by atoms with Gasteiger partial charge >= 0.3 is 0 Å². The molecule has 4 N–H and O–H groups in total. The number of phenolic OH excluding ortho intramolecular Hbond substituents is 1. The van der Waals surface area contributed by atoms with E-state index in [1.807, 2.05) is 0 Å². The fourth-order valence-electron chi connectivity index (χ4n) is 1.66. The summed E-state index contributed by atoms with van der Waals surface area (Å²) in [5.41, 5.74) is 6.10. The molecule has 2 aromatic rings. The van der Waals surface area contributed by atoms with Gasteiger partial charge in [-0.3, -0.25) is 4.72 Å². The number of nitrogen functional groups attached to an aromatic ring is 1. The molecule has 0 spiro atoms. The van der Waals surface area contributed by atoms with Crippen molar-refractivity contribution in [1.82, 2.24) is 0 Å². The van der Waals surface area contributed by atoms with Crippen LogP contribution in [-0.2, 0) is 10.0 Å². The second kappa shape index (κ2) is 5.53. The lowest BCUT2D eigenvalue weighted by Crippen LogP contribution is -2.14. The third kappa shape index (κ3) is 3.27. The second-order valence-electron chi connectivity index (χ2n) is 4.41. The highest BCUT2D eigenvalue weighted by atomic mass is 79.9. The first-order valence-electron chi connectivity index (χ1n) is 5.77. The molecule has 0 aliphatic rings. The summed E-state index contributed by atoms with van der Waals surface area (Å²) in [6, 6.07) is 6.07. The Morgan fingerprint density at radius 2 is 1.95 bits per heavy atom. The van der Waals surface area contributed by atoms with Crippen LogP contribution in [0.4, 0.5) is 15.8 Å². The van der Waals surface area contributed by atoms with E-state index in [1.165, 1.54) is 18.2 Å². The number of nitrogens with one attached hydrogen (secondary N) is 1. The van der Waals surface area contributed by atoms with Crippen molar-refractivity contribution >= 4 is 37.3 Å². The van der Waals surface area contributed by atoms with Crippen molar-refractivity contribution in [2.45, 2.75) is 11.8 Å². The zero-order chi connectivity index (χ0) is 15.8. The first-order valence-corrected chi connectivity index (χ1v) is 8.05. The lowest BCUT2D eigenvalue weighted by Gasteiger charge is -2.12. The van der Waals surface area contributed by atoms with Gasteiger partial charge in [0.05, 0.1) is 20.7 Å². The van der Waals surface area contributed by atoms with Gasteiger partial charge in [0.2, 0.25) is 0 Å². The summed E-state index contributed by atoms with van der Waals surface area (Å²) in [6.45, 7) is 1.65. The van der Waals surface area contributed by atoms with Crippen LogP contribution in [0.3, 0.4) is 0 Å². The minimum atomic E-state index is -3.93. The van der Waals surface area contributed by atoms with Crippen molar-refractivity contribution in [3.05, 3.63) is 46.2 Å². The Kier molecular flexibility index (Phi) is 4.11. The summed E-state index contributed by atoms with van der Waals surface area (Å²) >= 11 is 3.03. The number of hydrogen-bond donors (Lipinski definition) is 3. The predicted molar refractivity (Wildman–Crippen MR) is 82.2 cm³/mol. The predicted octanol–water partition coefficient (Wildman–Crippen LogP) is 2.99. The van der Waals surface area contributed by atoms with Crippen LogP contribution in [-0.4, -0.2) is 13.5 Å². The highest BCUT2D eigenvalue weighted by molar-refractivity contribution is 9.10. The molecule has 0 amide bonds. The monoisotopic (exact) mass is 374 g/mol. The van der Waals surface area contributed by atoms with E-state index in [0.29, 0.717) is 5.56 Å². The molecular weight excluding hydrogens is 363 g/mol. The van der Waals surface area contributed by atoms with E-state index in [1.54, 1.807) is 6.92 Å². The first-order chi connectivity index (χ1) is 9.70. The number of halogens is 2. The number of aryl methyl sites for hydroxylation is 1. The maximum Gasteiger partial charge on any atom is 0.261 e. The molecule has 0 saturated carbocycles. The summed E-state index contributed by atoms with van der Waals surface area (Å²) in [7, 11) is -3.93. The molecule has 0 saturated heterocycles. The molecule has 0 aliphatic carbocycles. The molecule has 8 heteroatoms. The number of sulfonamides is 1. The lowest BCUT2D eigenvalue weighted by molar-refractivity contribution is 0.477. The maximum absolute atomic E-state index is 13.5. The van der Waals surface area contributed by atoms with Crippen molar-refractivity contribution in [3.8, 4) is 5.75 Å². The molecule has 0 atom stereocenters. The Morgan fingerprint density at radius 1 is 1.29 bits per heavy atom. The van der Waals surface area contributed by atoms with Crippen LogP contribution < -0.4 is 10.5 Å². The number of nitrogens with two attached hydrogens (primary N) is 1. The average Bonchev–Trinajstić information content (AvgIpc) is 2.39. The van der Waals surface area contributed by atoms with E-state index in [4.69, 9.17) is 5.73 Å². The third-order valence-corrected chi connectivity index (χ3v) is 4.79. The second-order valence-corrected chi connectivity index (χ2v) is 6.94. The Bertz CT molecular complexity index is 809. The van der Waals surface area contributed by atoms with Crippen molar-refractivity contribution in [1.29, 1.82) is 0 Å². The Labute approximate surface area is 129 Å². The highest BCUT2D eigenvalue weighted by Gasteiger charge is 2.17. The average molecular weight is 375 g/mol. The largest absolute Gasteiger partial charge is 0.506 e. The van der Waals surface area contributed by atoms with Gasteiger partial charge in [-0.15, -0.1) is 0 Å². The van der Waals surface area contributed by atoms with Gasteiger partial charge in [-0.25, -0.2) is 12.8 Å². The van der Waals surface area contributed by atoms with Crippen molar-refractivity contribution in [2.24, 2.45) is 0 Å². The van der Waals surface area contributed by atoms with Gasteiger partial charge in [-0.1, -0.05) is 0 Å². The van der Waals surface area contributed by atoms with Gasteiger partial charge in [0.15, 0.2) is 0 Å². The summed E-state index contributed by atoms with van der Waals surface area (Å²) in [5.74, 6) is -0.789. The number of phenols is 1. The van der Waals surface area contributed by atoms with E-state index >= 15 is 0 Å². The van der Waals surface area contributed by atoms with Gasteiger partial charge < -0.3 is 10.8 Å². The van der Waals surface area contributed by atoms with Crippen molar-refractivity contribution < 1.29 is 17.9 Å². The number of rotatable bonds is 3. The molecule has 0 aliphatic heterocycles. The van der Waals surface area contributed by atoms with Crippen molar-refractivity contribution in [3.63, 3.8) is 0 Å². The van der Waals surface area contributed by atoms with Crippen LogP contribution in [0.1, 0.15) is 5.56 Å². The smallest absolute Gasteiger partial charge is 0.261 e. The van der Waals surface area contributed by atoms with Gasteiger partial charge in [0.1, 0.15) is 11.6 Å². The fourth-order valence-corrected chi connectivity index (χ4v) is 3.27. The van der Waals surface area contributed by atoms with Crippen LogP contribution >= 0.6 is 15.9 Å². The van der Waals surface area contributed by atoms with Gasteiger partial charge in [-0.2, -0.15) is 0 Å². The van der Waals surface area contributed by atoms with Gasteiger partial charge in [-0.05, 0) is 58.7 Å². The van der Waals surface area contributed by atoms with Crippen LogP contribution in [0.2, 0.25) is 0 Å². The first kappa shape index (κ1) is 15.6.